The highest BCUT2D eigenvalue weighted by Gasteiger charge is 1.91. The highest BCUT2D eigenvalue weighted by molar-refractivity contribution is 6.17. The Balaban J connectivity index is 3.09. The van der Waals surface area contributed by atoms with Crippen molar-refractivity contribution in [3.05, 3.63) is 24.3 Å². The van der Waals surface area contributed by atoms with E-state index in [0.29, 0.717) is 0 Å². The quantitative estimate of drug-likeness (QED) is 0.182. The molecule has 0 aromatic rings. The van der Waals surface area contributed by atoms with Gasteiger partial charge in [-0.3, -0.25) is 0 Å². The zero-order chi connectivity index (χ0) is 14.0. The summed E-state index contributed by atoms with van der Waals surface area (Å²) >= 11 is 5.65. The molecule has 0 fully saturated rings. The summed E-state index contributed by atoms with van der Waals surface area (Å²) in [6.45, 7) is 2.24. The number of hydrogen-bond donors (Lipinski definition) is 0. The predicted molar refractivity (Wildman–Crippen MR) is 90.1 cm³/mol. The fourth-order valence-electron chi connectivity index (χ4n) is 2.09. The minimum atomic E-state index is 0.833. The summed E-state index contributed by atoms with van der Waals surface area (Å²) < 4.78 is 0. The van der Waals surface area contributed by atoms with Crippen molar-refractivity contribution in [1.29, 1.82) is 0 Å². The van der Waals surface area contributed by atoms with Crippen LogP contribution in [0.5, 0.6) is 0 Å². The Labute approximate surface area is 126 Å². The molecule has 0 aromatic carbocycles. The largest absolute Gasteiger partial charge is 0.127 e. The van der Waals surface area contributed by atoms with Crippen LogP contribution < -0.4 is 0 Å². The summed E-state index contributed by atoms with van der Waals surface area (Å²) in [4.78, 5) is 0. The smallest absolute Gasteiger partial charge is 0.0223 e. The Morgan fingerprint density at radius 3 is 1.63 bits per heavy atom. The first-order valence-electron chi connectivity index (χ1n) is 8.29. The van der Waals surface area contributed by atoms with Gasteiger partial charge in [0.15, 0.2) is 0 Å². The SMILES string of the molecule is CCCC/C=C/C=C/CCCCCCCCCCCl. The van der Waals surface area contributed by atoms with Gasteiger partial charge in [0.25, 0.3) is 0 Å². The molecule has 0 saturated carbocycles. The standard InChI is InChI=1S/C18H33Cl/c1-2-3-4-5-6-7-8-9-10-11-12-13-14-15-16-17-18-19/h5-8H,2-4,9-18H2,1H3/b6-5+,8-7+. The molecule has 19 heavy (non-hydrogen) atoms. The van der Waals surface area contributed by atoms with Gasteiger partial charge in [-0.2, -0.15) is 0 Å². The number of alkyl halides is 1. The molecule has 0 rings (SSSR count). The van der Waals surface area contributed by atoms with Crippen LogP contribution in [-0.4, -0.2) is 5.88 Å². The number of rotatable bonds is 14. The van der Waals surface area contributed by atoms with E-state index in [2.05, 4.69) is 31.2 Å². The molecule has 0 N–H and O–H groups in total. The Morgan fingerprint density at radius 1 is 0.632 bits per heavy atom. The summed E-state index contributed by atoms with van der Waals surface area (Å²) in [5.74, 6) is 0.833. The molecule has 0 aliphatic rings. The summed E-state index contributed by atoms with van der Waals surface area (Å²) in [6, 6.07) is 0. The van der Waals surface area contributed by atoms with Gasteiger partial charge in [-0.15, -0.1) is 11.6 Å². The highest BCUT2D eigenvalue weighted by atomic mass is 35.5. The van der Waals surface area contributed by atoms with E-state index in [1.807, 2.05) is 0 Å². The average molecular weight is 285 g/mol. The number of unbranched alkanes of at least 4 members (excludes halogenated alkanes) is 10. The average Bonchev–Trinajstić information content (AvgIpc) is 2.43. The number of allylic oxidation sites excluding steroid dienone is 4. The maximum atomic E-state index is 5.65. The van der Waals surface area contributed by atoms with E-state index in [4.69, 9.17) is 11.6 Å². The van der Waals surface area contributed by atoms with Crippen molar-refractivity contribution in [1.82, 2.24) is 0 Å². The van der Waals surface area contributed by atoms with Crippen molar-refractivity contribution in [2.45, 2.75) is 84.0 Å². The topological polar surface area (TPSA) is 0 Å². The molecule has 0 bridgehead atoms. The lowest BCUT2D eigenvalue weighted by atomic mass is 10.1. The molecular weight excluding hydrogens is 252 g/mol. The fraction of sp³-hybridized carbons (Fsp3) is 0.778. The lowest BCUT2D eigenvalue weighted by molar-refractivity contribution is 0.578. The van der Waals surface area contributed by atoms with E-state index in [0.717, 1.165) is 5.88 Å². The second-order valence-corrected chi connectivity index (χ2v) is 5.68. The third-order valence-electron chi connectivity index (χ3n) is 3.36. The molecule has 0 aliphatic carbocycles. The zero-order valence-corrected chi connectivity index (χ0v) is 13.6. The van der Waals surface area contributed by atoms with Crippen LogP contribution in [0.4, 0.5) is 0 Å². The van der Waals surface area contributed by atoms with Gasteiger partial charge < -0.3 is 0 Å². The molecule has 0 saturated heterocycles. The van der Waals surface area contributed by atoms with E-state index >= 15 is 0 Å². The molecular formula is C18H33Cl. The lowest BCUT2D eigenvalue weighted by Crippen LogP contribution is -1.81. The number of hydrogen-bond acceptors (Lipinski definition) is 0. The second kappa shape index (κ2) is 17.8. The minimum absolute atomic E-state index is 0.833. The molecule has 0 amide bonds. The first-order valence-corrected chi connectivity index (χ1v) is 8.83. The van der Waals surface area contributed by atoms with Crippen molar-refractivity contribution in [2.24, 2.45) is 0 Å². The van der Waals surface area contributed by atoms with E-state index in [1.165, 1.54) is 77.0 Å². The van der Waals surface area contributed by atoms with Crippen LogP contribution in [0.1, 0.15) is 84.0 Å². The van der Waals surface area contributed by atoms with Crippen LogP contribution in [0.2, 0.25) is 0 Å². The molecule has 0 aromatic heterocycles. The molecule has 0 heterocycles. The molecule has 0 spiro atoms. The predicted octanol–water partition coefficient (Wildman–Crippen LogP) is 7.04. The van der Waals surface area contributed by atoms with E-state index in [1.54, 1.807) is 0 Å². The molecule has 0 atom stereocenters. The van der Waals surface area contributed by atoms with Crippen LogP contribution in [-0.2, 0) is 0 Å². The first kappa shape index (κ1) is 18.8. The van der Waals surface area contributed by atoms with Gasteiger partial charge in [0, 0.05) is 5.88 Å². The normalized spacial score (nSPS) is 11.9. The first-order chi connectivity index (χ1) is 9.41. The summed E-state index contributed by atoms with van der Waals surface area (Å²) in [7, 11) is 0. The zero-order valence-electron chi connectivity index (χ0n) is 12.9. The van der Waals surface area contributed by atoms with E-state index in [9.17, 15) is 0 Å². The van der Waals surface area contributed by atoms with Crippen LogP contribution in [0.3, 0.4) is 0 Å². The Bertz CT molecular complexity index is 206. The molecule has 0 aliphatic heterocycles. The third-order valence-corrected chi connectivity index (χ3v) is 3.63. The molecule has 112 valence electrons. The van der Waals surface area contributed by atoms with Gasteiger partial charge in [0.05, 0.1) is 0 Å². The fourth-order valence-corrected chi connectivity index (χ4v) is 2.28. The van der Waals surface area contributed by atoms with Gasteiger partial charge >= 0.3 is 0 Å². The van der Waals surface area contributed by atoms with Gasteiger partial charge in [0.2, 0.25) is 0 Å². The van der Waals surface area contributed by atoms with Crippen molar-refractivity contribution < 1.29 is 0 Å². The van der Waals surface area contributed by atoms with Crippen LogP contribution in [0.15, 0.2) is 24.3 Å². The Hall–Kier alpha value is -0.230. The Morgan fingerprint density at radius 2 is 1.11 bits per heavy atom. The molecule has 0 unspecified atom stereocenters. The van der Waals surface area contributed by atoms with Crippen molar-refractivity contribution in [2.75, 3.05) is 5.88 Å². The third kappa shape index (κ3) is 17.8. The maximum absolute atomic E-state index is 5.65. The minimum Gasteiger partial charge on any atom is -0.127 e. The van der Waals surface area contributed by atoms with E-state index < -0.39 is 0 Å². The van der Waals surface area contributed by atoms with Gasteiger partial charge in [-0.05, 0) is 25.7 Å². The highest BCUT2D eigenvalue weighted by Crippen LogP contribution is 2.10. The maximum Gasteiger partial charge on any atom is 0.0223 e. The monoisotopic (exact) mass is 284 g/mol. The van der Waals surface area contributed by atoms with Crippen molar-refractivity contribution >= 4 is 11.6 Å². The molecule has 0 radical (unpaired) electrons. The summed E-state index contributed by atoms with van der Waals surface area (Å²) in [5, 5.41) is 0. The summed E-state index contributed by atoms with van der Waals surface area (Å²) in [5.41, 5.74) is 0. The molecule has 0 nitrogen and oxygen atoms in total. The van der Waals surface area contributed by atoms with Crippen LogP contribution in [0.25, 0.3) is 0 Å². The van der Waals surface area contributed by atoms with Crippen molar-refractivity contribution in [3.63, 3.8) is 0 Å². The van der Waals surface area contributed by atoms with E-state index in [-0.39, 0.29) is 0 Å². The lowest BCUT2D eigenvalue weighted by Gasteiger charge is -2.00. The van der Waals surface area contributed by atoms with Crippen molar-refractivity contribution in [3.8, 4) is 0 Å². The van der Waals surface area contributed by atoms with Gasteiger partial charge in [-0.25, -0.2) is 0 Å². The molecule has 1 heteroatoms. The van der Waals surface area contributed by atoms with Gasteiger partial charge in [-0.1, -0.05) is 82.6 Å². The summed E-state index contributed by atoms with van der Waals surface area (Å²) in [6.07, 6.45) is 24.9. The second-order valence-electron chi connectivity index (χ2n) is 5.30. The van der Waals surface area contributed by atoms with Crippen LogP contribution >= 0.6 is 11.6 Å². The van der Waals surface area contributed by atoms with Gasteiger partial charge in [0.1, 0.15) is 0 Å². The Kier molecular flexibility index (Phi) is 17.6. The van der Waals surface area contributed by atoms with Crippen LogP contribution in [0, 0.1) is 0 Å². The number of halogens is 1.